The molecule has 0 amide bonds. The number of nitrogens with one attached hydrogen (secondary N) is 1. The number of para-hydroxylation sites is 1. The number of hydrogen-bond acceptors (Lipinski definition) is 2. The van der Waals surface area contributed by atoms with E-state index < -0.39 is 0 Å². The van der Waals surface area contributed by atoms with Crippen LogP contribution in [0.15, 0.2) is 22.7 Å². The first-order valence-electron chi connectivity index (χ1n) is 5.76. The second-order valence-corrected chi connectivity index (χ2v) is 7.21. The van der Waals surface area contributed by atoms with Crippen LogP contribution in [0.2, 0.25) is 0 Å². The molecule has 17 heavy (non-hydrogen) atoms. The number of hydrogen-bond donors (Lipinski definition) is 1. The quantitative estimate of drug-likeness (QED) is 0.860. The van der Waals surface area contributed by atoms with E-state index in [0.717, 1.165) is 16.6 Å². The molecule has 1 aliphatic heterocycles. The summed E-state index contributed by atoms with van der Waals surface area (Å²) < 4.78 is 14.5. The second-order valence-electron chi connectivity index (χ2n) is 5.32. The minimum atomic E-state index is -0.187. The van der Waals surface area contributed by atoms with Crippen molar-refractivity contribution in [1.82, 2.24) is 0 Å². The summed E-state index contributed by atoms with van der Waals surface area (Å²) in [7, 11) is 0. The van der Waals surface area contributed by atoms with E-state index in [4.69, 9.17) is 0 Å². The third-order valence-corrected chi connectivity index (χ3v) is 5.21. The summed E-state index contributed by atoms with van der Waals surface area (Å²) in [5.41, 5.74) is 0.925. The molecule has 0 aromatic heterocycles. The van der Waals surface area contributed by atoms with Crippen molar-refractivity contribution in [3.8, 4) is 0 Å². The van der Waals surface area contributed by atoms with Crippen molar-refractivity contribution in [3.63, 3.8) is 0 Å². The fraction of sp³-hybridized carbons (Fsp3) is 0.538. The monoisotopic (exact) mass is 317 g/mol. The van der Waals surface area contributed by atoms with E-state index in [1.165, 1.54) is 11.8 Å². The molecule has 94 valence electrons. The fourth-order valence-corrected chi connectivity index (χ4v) is 3.93. The van der Waals surface area contributed by atoms with Crippen molar-refractivity contribution in [1.29, 1.82) is 0 Å². The Hall–Kier alpha value is -0.220. The summed E-state index contributed by atoms with van der Waals surface area (Å²) in [5.74, 6) is 2.04. The van der Waals surface area contributed by atoms with Crippen LogP contribution >= 0.6 is 27.7 Å². The van der Waals surface area contributed by atoms with Gasteiger partial charge in [0.15, 0.2) is 0 Å². The lowest BCUT2D eigenvalue weighted by molar-refractivity contribution is 0.357. The van der Waals surface area contributed by atoms with Crippen LogP contribution < -0.4 is 5.32 Å². The van der Waals surface area contributed by atoms with Gasteiger partial charge in [0, 0.05) is 16.3 Å². The lowest BCUT2D eigenvalue weighted by Crippen LogP contribution is -2.35. The van der Waals surface area contributed by atoms with Gasteiger partial charge in [0.2, 0.25) is 0 Å². The normalized spacial score (nSPS) is 23.4. The van der Waals surface area contributed by atoms with Gasteiger partial charge in [0.05, 0.1) is 5.69 Å². The first-order valence-corrected chi connectivity index (χ1v) is 7.71. The summed E-state index contributed by atoms with van der Waals surface area (Å²) >= 11 is 5.33. The Morgan fingerprint density at radius 2 is 2.24 bits per heavy atom. The van der Waals surface area contributed by atoms with Gasteiger partial charge in [-0.15, -0.1) is 0 Å². The van der Waals surface area contributed by atoms with Crippen molar-refractivity contribution in [3.05, 3.63) is 28.5 Å². The highest BCUT2D eigenvalue weighted by atomic mass is 79.9. The summed E-state index contributed by atoms with van der Waals surface area (Å²) in [5, 5.41) is 3.33. The van der Waals surface area contributed by atoms with Crippen LogP contribution in [0.4, 0.5) is 10.1 Å². The number of anilines is 1. The van der Waals surface area contributed by atoms with Gasteiger partial charge in [-0.3, -0.25) is 0 Å². The van der Waals surface area contributed by atoms with Gasteiger partial charge in [-0.05, 0) is 45.7 Å². The van der Waals surface area contributed by atoms with E-state index in [0.29, 0.717) is 17.1 Å². The number of halogens is 2. The Kier molecular flexibility index (Phi) is 4.03. The third kappa shape index (κ3) is 3.38. The largest absolute Gasteiger partial charge is 0.378 e. The molecule has 1 unspecified atom stereocenters. The molecule has 1 atom stereocenters. The first kappa shape index (κ1) is 13.2. The molecule has 0 aliphatic carbocycles. The maximum atomic E-state index is 13.7. The van der Waals surface area contributed by atoms with Crippen molar-refractivity contribution < 1.29 is 4.39 Å². The predicted octanol–water partition coefficient (Wildman–Crippen LogP) is 4.53. The zero-order valence-corrected chi connectivity index (χ0v) is 12.5. The molecular weight excluding hydrogens is 301 g/mol. The minimum absolute atomic E-state index is 0.187. The molecule has 1 heterocycles. The molecular formula is C13H17BrFNS. The minimum Gasteiger partial charge on any atom is -0.378 e. The van der Waals surface area contributed by atoms with Gasteiger partial charge < -0.3 is 5.32 Å². The molecule has 0 bridgehead atoms. The number of thioether (sulfide) groups is 1. The standard InChI is InChI=1S/C13H17BrFNS/c1-13(2)6-9(7-17-8-13)16-12-10(14)4-3-5-11(12)15/h3-5,9,16H,6-8H2,1-2H3. The Labute approximate surface area is 115 Å². The molecule has 2 rings (SSSR count). The van der Waals surface area contributed by atoms with Crippen molar-refractivity contribution in [2.45, 2.75) is 26.3 Å². The first-order chi connectivity index (χ1) is 7.98. The van der Waals surface area contributed by atoms with Crippen molar-refractivity contribution in [2.24, 2.45) is 5.41 Å². The van der Waals surface area contributed by atoms with Gasteiger partial charge in [-0.25, -0.2) is 4.39 Å². The van der Waals surface area contributed by atoms with Crippen LogP contribution in [0.5, 0.6) is 0 Å². The summed E-state index contributed by atoms with van der Waals surface area (Å²) in [6.07, 6.45) is 1.08. The summed E-state index contributed by atoms with van der Waals surface area (Å²) in [4.78, 5) is 0. The van der Waals surface area contributed by atoms with E-state index >= 15 is 0 Å². The van der Waals surface area contributed by atoms with E-state index in [1.807, 2.05) is 17.8 Å². The third-order valence-electron chi connectivity index (χ3n) is 2.92. The maximum absolute atomic E-state index is 13.7. The van der Waals surface area contributed by atoms with E-state index in [-0.39, 0.29) is 5.82 Å². The molecule has 1 nitrogen and oxygen atoms in total. The Bertz CT molecular complexity index is 388. The van der Waals surface area contributed by atoms with Crippen LogP contribution in [-0.4, -0.2) is 17.5 Å². The zero-order chi connectivity index (χ0) is 12.5. The van der Waals surface area contributed by atoms with Crippen molar-refractivity contribution >= 4 is 33.4 Å². The van der Waals surface area contributed by atoms with Gasteiger partial charge in [0.1, 0.15) is 5.82 Å². The summed E-state index contributed by atoms with van der Waals surface area (Å²) in [6.45, 7) is 4.54. The smallest absolute Gasteiger partial charge is 0.147 e. The fourth-order valence-electron chi connectivity index (χ4n) is 2.19. The number of rotatable bonds is 2. The highest BCUT2D eigenvalue weighted by molar-refractivity contribution is 9.10. The number of benzene rings is 1. The second kappa shape index (κ2) is 5.19. The van der Waals surface area contributed by atoms with E-state index in [1.54, 1.807) is 6.07 Å². The molecule has 1 fully saturated rings. The Morgan fingerprint density at radius 3 is 2.88 bits per heavy atom. The molecule has 4 heteroatoms. The van der Waals surface area contributed by atoms with Crippen molar-refractivity contribution in [2.75, 3.05) is 16.8 Å². The lowest BCUT2D eigenvalue weighted by atomic mass is 9.88. The highest BCUT2D eigenvalue weighted by Gasteiger charge is 2.29. The average molecular weight is 318 g/mol. The molecule has 1 saturated heterocycles. The van der Waals surface area contributed by atoms with Gasteiger partial charge in [-0.1, -0.05) is 19.9 Å². The van der Waals surface area contributed by atoms with E-state index in [2.05, 4.69) is 35.1 Å². The molecule has 1 aromatic rings. The average Bonchev–Trinajstić information content (AvgIpc) is 2.22. The van der Waals surface area contributed by atoms with Gasteiger partial charge in [-0.2, -0.15) is 11.8 Å². The SMILES string of the molecule is CC1(C)CSCC(Nc2c(F)cccc2Br)C1. The van der Waals surface area contributed by atoms with Crippen LogP contribution in [0, 0.1) is 11.2 Å². The van der Waals surface area contributed by atoms with Crippen LogP contribution in [0.3, 0.4) is 0 Å². The highest BCUT2D eigenvalue weighted by Crippen LogP contribution is 2.36. The molecule has 1 aromatic carbocycles. The molecule has 1 N–H and O–H groups in total. The zero-order valence-electron chi connectivity index (χ0n) is 10.1. The van der Waals surface area contributed by atoms with Gasteiger partial charge in [0.25, 0.3) is 0 Å². The lowest BCUT2D eigenvalue weighted by Gasteiger charge is -2.35. The topological polar surface area (TPSA) is 12.0 Å². The van der Waals surface area contributed by atoms with E-state index in [9.17, 15) is 4.39 Å². The summed E-state index contributed by atoms with van der Waals surface area (Å²) in [6, 6.07) is 5.42. The maximum Gasteiger partial charge on any atom is 0.147 e. The van der Waals surface area contributed by atoms with Crippen LogP contribution in [0.1, 0.15) is 20.3 Å². The Balaban J connectivity index is 2.10. The predicted molar refractivity (Wildman–Crippen MR) is 77.2 cm³/mol. The van der Waals surface area contributed by atoms with Gasteiger partial charge >= 0.3 is 0 Å². The molecule has 0 spiro atoms. The van der Waals surface area contributed by atoms with Crippen LogP contribution in [0.25, 0.3) is 0 Å². The molecule has 0 saturated carbocycles. The molecule has 0 radical (unpaired) electrons. The molecule has 1 aliphatic rings. The Morgan fingerprint density at radius 1 is 1.47 bits per heavy atom. The van der Waals surface area contributed by atoms with Crippen LogP contribution in [-0.2, 0) is 0 Å².